The third kappa shape index (κ3) is 6.47. The van der Waals surface area contributed by atoms with Crippen molar-refractivity contribution in [2.24, 2.45) is 5.73 Å². The maximum atomic E-state index is 15.0. The van der Waals surface area contributed by atoms with Crippen LogP contribution < -0.4 is 15.8 Å². The van der Waals surface area contributed by atoms with Gasteiger partial charge in [-0.25, -0.2) is 9.37 Å². The number of nitrogens with one attached hydrogen (secondary N) is 2. The largest absolute Gasteiger partial charge is 0.480 e. The Morgan fingerprint density at radius 2 is 1.86 bits per heavy atom. The highest BCUT2D eigenvalue weighted by Crippen LogP contribution is 2.33. The van der Waals surface area contributed by atoms with Gasteiger partial charge in [0, 0.05) is 5.56 Å². The van der Waals surface area contributed by atoms with E-state index in [1.807, 2.05) is 0 Å². The molecule has 196 valence electrons. The summed E-state index contributed by atoms with van der Waals surface area (Å²) in [5.41, 5.74) is -0.145. The summed E-state index contributed by atoms with van der Waals surface area (Å²) in [4.78, 5) is 20.6. The second-order valence-electron chi connectivity index (χ2n) is 7.44. The molecule has 1 atom stereocenters. The maximum Gasteiger partial charge on any atom is 0.432 e. The lowest BCUT2D eigenvalue weighted by Crippen LogP contribution is -2.35. The number of alkyl halides is 6. The molecule has 15 heteroatoms. The summed E-state index contributed by atoms with van der Waals surface area (Å²) >= 11 is 0. The summed E-state index contributed by atoms with van der Waals surface area (Å²) in [5, 5.41) is 18.5. The Balaban J connectivity index is 2.68. The number of benzene rings is 1. The van der Waals surface area contributed by atoms with Crippen LogP contribution in [0.5, 0.6) is 5.75 Å². The van der Waals surface area contributed by atoms with Gasteiger partial charge in [0.1, 0.15) is 17.3 Å². The minimum atomic E-state index is -5.15. The Morgan fingerprint density at radius 1 is 1.25 bits per heavy atom. The molecular formula is C21H20F7N5O3. The van der Waals surface area contributed by atoms with Gasteiger partial charge < -0.3 is 26.3 Å². The average molecular weight is 523 g/mol. The molecule has 36 heavy (non-hydrogen) atoms. The molecule has 5 N–H and O–H groups in total. The SMILES string of the molecule is CC(=N)/C(NC(=O)c1cc(F)c(-c2cnc(C)c(CO)n2)cc1O[C@@H](C)C(F)(F)F)=C(\N)C(F)(F)F. The fourth-order valence-electron chi connectivity index (χ4n) is 2.73. The van der Waals surface area contributed by atoms with Crippen molar-refractivity contribution in [3.05, 3.63) is 52.5 Å². The van der Waals surface area contributed by atoms with E-state index in [0.29, 0.717) is 24.8 Å². The van der Waals surface area contributed by atoms with Crippen LogP contribution in [0.2, 0.25) is 0 Å². The van der Waals surface area contributed by atoms with Crippen molar-refractivity contribution in [1.82, 2.24) is 15.3 Å². The van der Waals surface area contributed by atoms with Crippen LogP contribution in [0, 0.1) is 18.2 Å². The van der Waals surface area contributed by atoms with Gasteiger partial charge in [-0.05, 0) is 32.9 Å². The number of nitrogens with two attached hydrogens (primary N) is 1. The topological polar surface area (TPSA) is 134 Å². The number of amides is 1. The lowest BCUT2D eigenvalue weighted by molar-refractivity contribution is -0.189. The molecule has 1 aromatic heterocycles. The van der Waals surface area contributed by atoms with Gasteiger partial charge in [0.15, 0.2) is 6.10 Å². The Kier molecular flexibility index (Phi) is 8.29. The lowest BCUT2D eigenvalue weighted by atomic mass is 10.1. The van der Waals surface area contributed by atoms with E-state index in [2.05, 4.69) is 9.97 Å². The summed E-state index contributed by atoms with van der Waals surface area (Å²) in [7, 11) is 0. The van der Waals surface area contributed by atoms with Crippen LogP contribution >= 0.6 is 0 Å². The Hall–Kier alpha value is -3.75. The monoisotopic (exact) mass is 523 g/mol. The summed E-state index contributed by atoms with van der Waals surface area (Å²) in [6, 6.07) is 1.13. The van der Waals surface area contributed by atoms with Crippen LogP contribution in [0.25, 0.3) is 11.3 Å². The van der Waals surface area contributed by atoms with Crippen molar-refractivity contribution in [2.45, 2.75) is 45.8 Å². The number of rotatable bonds is 7. The van der Waals surface area contributed by atoms with E-state index in [-0.39, 0.29) is 11.4 Å². The van der Waals surface area contributed by atoms with Crippen LogP contribution in [0.1, 0.15) is 35.6 Å². The smallest absolute Gasteiger partial charge is 0.432 e. The number of carbonyl (C=O) groups is 1. The molecule has 0 aliphatic rings. The first kappa shape index (κ1) is 28.5. The molecule has 2 rings (SSSR count). The average Bonchev–Trinajstić information content (AvgIpc) is 2.76. The van der Waals surface area contributed by atoms with Gasteiger partial charge in [-0.2, -0.15) is 26.3 Å². The van der Waals surface area contributed by atoms with Crippen molar-refractivity contribution in [3.8, 4) is 17.0 Å². The Labute approximate surface area is 199 Å². The molecule has 0 fully saturated rings. The number of aromatic nitrogens is 2. The number of carbonyl (C=O) groups excluding carboxylic acids is 1. The fraction of sp³-hybridized carbons (Fsp3) is 0.333. The maximum absolute atomic E-state index is 15.0. The molecule has 0 saturated heterocycles. The van der Waals surface area contributed by atoms with E-state index < -0.39 is 70.8 Å². The molecule has 0 bridgehead atoms. The molecule has 0 saturated carbocycles. The number of nitrogens with zero attached hydrogens (tertiary/aromatic N) is 2. The van der Waals surface area contributed by atoms with E-state index in [9.17, 15) is 40.6 Å². The predicted octanol–water partition coefficient (Wildman–Crippen LogP) is 3.92. The number of aliphatic hydroxyl groups excluding tert-OH is 1. The first-order chi connectivity index (χ1) is 16.5. The second-order valence-corrected chi connectivity index (χ2v) is 7.44. The fourth-order valence-corrected chi connectivity index (χ4v) is 2.73. The number of halogens is 7. The third-order valence-electron chi connectivity index (χ3n) is 4.75. The quantitative estimate of drug-likeness (QED) is 0.321. The Bertz CT molecular complexity index is 1210. The standard InChI is InChI=1S/C21H20F7N5O3/c1-8(29)17(18(30)21(26,27)28)33-19(35)12-4-13(22)11(5-16(12)36-10(3)20(23,24)25)14-6-31-9(2)15(7-34)32-14/h4-6,10,29,34H,7,30H2,1-3H3,(H,33,35)/b18-17+,29-8?/t10-/m0/s1. The second kappa shape index (κ2) is 10.5. The molecular weight excluding hydrogens is 503 g/mol. The normalized spacial score (nSPS) is 13.6. The Morgan fingerprint density at radius 3 is 2.36 bits per heavy atom. The van der Waals surface area contributed by atoms with Crippen LogP contribution in [-0.2, 0) is 6.61 Å². The molecule has 1 aromatic carbocycles. The predicted molar refractivity (Wildman–Crippen MR) is 112 cm³/mol. The summed E-state index contributed by atoms with van der Waals surface area (Å²) < 4.78 is 98.3. The number of allylic oxidation sites excluding steroid dienone is 2. The van der Waals surface area contributed by atoms with Crippen LogP contribution in [0.4, 0.5) is 30.7 Å². The minimum absolute atomic E-state index is 0.0405. The summed E-state index contributed by atoms with van der Waals surface area (Å²) in [6.07, 6.45) is -11.5. The molecule has 0 unspecified atom stereocenters. The third-order valence-corrected chi connectivity index (χ3v) is 4.75. The summed E-state index contributed by atoms with van der Waals surface area (Å²) in [6.45, 7) is 2.38. The van der Waals surface area contributed by atoms with E-state index in [1.165, 1.54) is 6.92 Å². The van der Waals surface area contributed by atoms with E-state index in [0.717, 1.165) is 13.1 Å². The van der Waals surface area contributed by atoms with Gasteiger partial charge in [0.05, 0.1) is 46.9 Å². The van der Waals surface area contributed by atoms with Crippen LogP contribution in [0.15, 0.2) is 29.7 Å². The number of hydrogen-bond acceptors (Lipinski definition) is 7. The highest BCUT2D eigenvalue weighted by Gasteiger charge is 2.39. The molecule has 1 heterocycles. The van der Waals surface area contributed by atoms with Crippen LogP contribution in [0.3, 0.4) is 0 Å². The highest BCUT2D eigenvalue weighted by molar-refractivity contribution is 6.05. The number of aliphatic hydroxyl groups is 1. The van der Waals surface area contributed by atoms with Crippen LogP contribution in [-0.4, -0.2) is 45.1 Å². The van der Waals surface area contributed by atoms with E-state index >= 15 is 0 Å². The molecule has 8 nitrogen and oxygen atoms in total. The summed E-state index contributed by atoms with van der Waals surface area (Å²) in [5.74, 6) is -3.59. The van der Waals surface area contributed by atoms with Gasteiger partial charge >= 0.3 is 12.4 Å². The van der Waals surface area contributed by atoms with Crippen molar-refractivity contribution >= 4 is 11.6 Å². The first-order valence-corrected chi connectivity index (χ1v) is 9.91. The van der Waals surface area contributed by atoms with Gasteiger partial charge in [-0.1, -0.05) is 0 Å². The zero-order valence-corrected chi connectivity index (χ0v) is 18.9. The van der Waals surface area contributed by atoms with Gasteiger partial charge in [0.2, 0.25) is 0 Å². The van der Waals surface area contributed by atoms with Gasteiger partial charge in [-0.15, -0.1) is 0 Å². The molecule has 0 aliphatic heterocycles. The van der Waals surface area contributed by atoms with Gasteiger partial charge in [0.25, 0.3) is 5.91 Å². The zero-order chi connectivity index (χ0) is 27.6. The molecule has 0 spiro atoms. The number of ether oxygens (including phenoxy) is 1. The van der Waals surface area contributed by atoms with Crippen molar-refractivity contribution in [2.75, 3.05) is 0 Å². The van der Waals surface area contributed by atoms with Crippen molar-refractivity contribution in [3.63, 3.8) is 0 Å². The van der Waals surface area contributed by atoms with E-state index in [4.69, 9.17) is 15.9 Å². The van der Waals surface area contributed by atoms with Crippen molar-refractivity contribution in [1.29, 1.82) is 5.41 Å². The highest BCUT2D eigenvalue weighted by atomic mass is 19.4. The molecule has 1 amide bonds. The number of hydrogen-bond donors (Lipinski definition) is 4. The first-order valence-electron chi connectivity index (χ1n) is 9.91. The number of aryl methyl sites for hydroxylation is 1. The lowest BCUT2D eigenvalue weighted by Gasteiger charge is -2.21. The molecule has 0 radical (unpaired) electrons. The molecule has 0 aliphatic carbocycles. The zero-order valence-electron chi connectivity index (χ0n) is 18.9. The minimum Gasteiger partial charge on any atom is -0.480 e. The van der Waals surface area contributed by atoms with Gasteiger partial charge in [-0.3, -0.25) is 9.78 Å². The molecule has 2 aromatic rings. The van der Waals surface area contributed by atoms with E-state index in [1.54, 1.807) is 5.32 Å². The van der Waals surface area contributed by atoms with Crippen molar-refractivity contribution < 1.29 is 45.4 Å².